The lowest BCUT2D eigenvalue weighted by Gasteiger charge is -2.28. The number of nitrogens with zero attached hydrogens (tertiary/aromatic N) is 1. The van der Waals surface area contributed by atoms with E-state index in [1.54, 1.807) is 36.3 Å². The van der Waals surface area contributed by atoms with Crippen molar-refractivity contribution in [3.8, 4) is 5.75 Å². The number of ether oxygens (including phenoxy) is 1. The van der Waals surface area contributed by atoms with E-state index in [2.05, 4.69) is 10.6 Å². The minimum Gasteiger partial charge on any atom is -0.495 e. The number of fused-ring (bicyclic) bond motifs is 1. The highest BCUT2D eigenvalue weighted by Crippen LogP contribution is 2.25. The van der Waals surface area contributed by atoms with Crippen molar-refractivity contribution in [2.45, 2.75) is 13.0 Å². The van der Waals surface area contributed by atoms with Gasteiger partial charge in [-0.25, -0.2) is 4.79 Å². The van der Waals surface area contributed by atoms with Crippen molar-refractivity contribution in [3.63, 3.8) is 0 Å². The summed E-state index contributed by atoms with van der Waals surface area (Å²) in [6.45, 7) is 1.10. The maximum atomic E-state index is 12.5. The first kappa shape index (κ1) is 18.6. The van der Waals surface area contributed by atoms with E-state index >= 15 is 0 Å². The first-order valence-corrected chi connectivity index (χ1v) is 9.29. The third-order valence-corrected chi connectivity index (χ3v) is 4.85. The number of carbonyl (C=O) groups excluding carboxylic acids is 2. The lowest BCUT2D eigenvalue weighted by atomic mass is 9.99. The molecule has 1 aliphatic rings. The average Bonchev–Trinajstić information content (AvgIpc) is 3.28. The Morgan fingerprint density at radius 2 is 1.90 bits per heavy atom. The first-order valence-electron chi connectivity index (χ1n) is 9.29. The quantitative estimate of drug-likeness (QED) is 0.700. The topological polar surface area (TPSA) is 83.8 Å². The average molecular weight is 391 g/mol. The second-order valence-electron chi connectivity index (χ2n) is 6.72. The molecule has 0 unspecified atom stereocenters. The highest BCUT2D eigenvalue weighted by Gasteiger charge is 2.23. The molecule has 1 aliphatic heterocycles. The fourth-order valence-corrected chi connectivity index (χ4v) is 3.40. The SMILES string of the molecule is COc1ccccc1NC(=O)Nc1ccc2c(c1)CN(C(=O)c1ccco1)CC2. The van der Waals surface area contributed by atoms with E-state index in [0.29, 0.717) is 36.0 Å². The molecule has 7 nitrogen and oxygen atoms in total. The summed E-state index contributed by atoms with van der Waals surface area (Å²) >= 11 is 0. The molecular weight excluding hydrogens is 370 g/mol. The maximum absolute atomic E-state index is 12.5. The second kappa shape index (κ2) is 8.10. The van der Waals surface area contributed by atoms with Crippen molar-refractivity contribution in [1.29, 1.82) is 0 Å². The molecular formula is C22H21N3O4. The zero-order chi connectivity index (χ0) is 20.2. The Kier molecular flexibility index (Phi) is 5.20. The van der Waals surface area contributed by atoms with Crippen LogP contribution in [0.4, 0.5) is 16.2 Å². The van der Waals surface area contributed by atoms with E-state index < -0.39 is 0 Å². The van der Waals surface area contributed by atoms with Crippen LogP contribution >= 0.6 is 0 Å². The fraction of sp³-hybridized carbons (Fsp3) is 0.182. The lowest BCUT2D eigenvalue weighted by Crippen LogP contribution is -2.35. The largest absolute Gasteiger partial charge is 0.495 e. The van der Waals surface area contributed by atoms with Gasteiger partial charge < -0.3 is 24.7 Å². The predicted molar refractivity (Wildman–Crippen MR) is 109 cm³/mol. The van der Waals surface area contributed by atoms with Gasteiger partial charge in [0.2, 0.25) is 0 Å². The molecule has 0 saturated carbocycles. The number of rotatable bonds is 4. The van der Waals surface area contributed by atoms with Gasteiger partial charge in [0.1, 0.15) is 5.75 Å². The number of urea groups is 1. The van der Waals surface area contributed by atoms with Crippen molar-refractivity contribution in [2.24, 2.45) is 0 Å². The van der Waals surface area contributed by atoms with Gasteiger partial charge >= 0.3 is 6.03 Å². The van der Waals surface area contributed by atoms with Gasteiger partial charge in [-0.2, -0.15) is 0 Å². The first-order chi connectivity index (χ1) is 14.1. The predicted octanol–water partition coefficient (Wildman–Crippen LogP) is 4.13. The Labute approximate surface area is 168 Å². The molecule has 2 heterocycles. The second-order valence-corrected chi connectivity index (χ2v) is 6.72. The van der Waals surface area contributed by atoms with Crippen molar-refractivity contribution >= 4 is 23.3 Å². The number of nitrogens with one attached hydrogen (secondary N) is 2. The Bertz CT molecular complexity index is 1030. The summed E-state index contributed by atoms with van der Waals surface area (Å²) in [4.78, 5) is 26.7. The number of hydrogen-bond acceptors (Lipinski definition) is 4. The minimum atomic E-state index is -0.367. The van der Waals surface area contributed by atoms with Gasteiger partial charge in [-0.05, 0) is 53.9 Å². The fourth-order valence-electron chi connectivity index (χ4n) is 3.40. The summed E-state index contributed by atoms with van der Waals surface area (Å²) in [5.41, 5.74) is 3.42. The van der Waals surface area contributed by atoms with Crippen LogP contribution in [-0.4, -0.2) is 30.5 Å². The molecule has 2 aromatic carbocycles. The van der Waals surface area contributed by atoms with Crippen LogP contribution < -0.4 is 15.4 Å². The Balaban J connectivity index is 1.45. The number of furan rings is 1. The summed E-state index contributed by atoms with van der Waals surface area (Å²) in [6, 6.07) is 16.0. The van der Waals surface area contributed by atoms with Gasteiger partial charge in [0.15, 0.2) is 5.76 Å². The van der Waals surface area contributed by atoms with E-state index in [0.717, 1.165) is 12.0 Å². The van der Waals surface area contributed by atoms with E-state index in [1.165, 1.54) is 11.8 Å². The third-order valence-electron chi connectivity index (χ3n) is 4.85. The number of anilines is 2. The maximum Gasteiger partial charge on any atom is 0.323 e. The van der Waals surface area contributed by atoms with Crippen LogP contribution in [0.5, 0.6) is 5.75 Å². The summed E-state index contributed by atoms with van der Waals surface area (Å²) < 4.78 is 10.5. The van der Waals surface area contributed by atoms with Crippen molar-refractivity contribution in [2.75, 3.05) is 24.3 Å². The Hall–Kier alpha value is -3.74. The van der Waals surface area contributed by atoms with E-state index in [1.807, 2.05) is 30.3 Å². The molecule has 1 aromatic heterocycles. The molecule has 0 radical (unpaired) electrons. The number of hydrogen-bond donors (Lipinski definition) is 2. The number of para-hydroxylation sites is 2. The third kappa shape index (κ3) is 4.08. The van der Waals surface area contributed by atoms with Crippen molar-refractivity contribution < 1.29 is 18.7 Å². The molecule has 0 atom stereocenters. The van der Waals surface area contributed by atoms with Gasteiger partial charge in [0.25, 0.3) is 5.91 Å². The highest BCUT2D eigenvalue weighted by atomic mass is 16.5. The van der Waals surface area contributed by atoms with Crippen LogP contribution in [0.3, 0.4) is 0 Å². The molecule has 3 amide bonds. The molecule has 0 spiro atoms. The molecule has 7 heteroatoms. The Morgan fingerprint density at radius 3 is 2.69 bits per heavy atom. The van der Waals surface area contributed by atoms with Crippen LogP contribution in [0.25, 0.3) is 0 Å². The van der Waals surface area contributed by atoms with E-state index in [9.17, 15) is 9.59 Å². The summed E-state index contributed by atoms with van der Waals surface area (Å²) in [5.74, 6) is 0.784. The number of benzene rings is 2. The van der Waals surface area contributed by atoms with Gasteiger partial charge in [0, 0.05) is 18.8 Å². The van der Waals surface area contributed by atoms with Crippen LogP contribution in [0, 0.1) is 0 Å². The number of amides is 3. The van der Waals surface area contributed by atoms with Gasteiger partial charge in [-0.3, -0.25) is 4.79 Å². The van der Waals surface area contributed by atoms with E-state index in [-0.39, 0.29) is 11.9 Å². The molecule has 0 aliphatic carbocycles. The van der Waals surface area contributed by atoms with E-state index in [4.69, 9.17) is 9.15 Å². The summed E-state index contributed by atoms with van der Waals surface area (Å²) in [5, 5.41) is 5.62. The zero-order valence-corrected chi connectivity index (χ0v) is 16.0. The molecule has 0 saturated heterocycles. The number of methoxy groups -OCH3 is 1. The zero-order valence-electron chi connectivity index (χ0n) is 16.0. The minimum absolute atomic E-state index is 0.132. The van der Waals surface area contributed by atoms with Crippen LogP contribution in [-0.2, 0) is 13.0 Å². The smallest absolute Gasteiger partial charge is 0.323 e. The normalized spacial score (nSPS) is 12.8. The van der Waals surface area contributed by atoms with Crippen LogP contribution in [0.15, 0.2) is 65.3 Å². The molecule has 29 heavy (non-hydrogen) atoms. The van der Waals surface area contributed by atoms with Crippen LogP contribution in [0.1, 0.15) is 21.7 Å². The number of carbonyl (C=O) groups is 2. The molecule has 0 bridgehead atoms. The molecule has 148 valence electrons. The van der Waals surface area contributed by atoms with Gasteiger partial charge in [0.05, 0.1) is 19.1 Å². The molecule has 4 rings (SSSR count). The summed E-state index contributed by atoms with van der Waals surface area (Å²) in [7, 11) is 1.55. The summed E-state index contributed by atoms with van der Waals surface area (Å²) in [6.07, 6.45) is 2.25. The van der Waals surface area contributed by atoms with Gasteiger partial charge in [-0.1, -0.05) is 18.2 Å². The molecule has 3 aromatic rings. The van der Waals surface area contributed by atoms with Crippen molar-refractivity contribution in [1.82, 2.24) is 4.90 Å². The standard InChI is InChI=1S/C22H21N3O4/c1-28-19-6-3-2-5-18(19)24-22(27)23-17-9-8-15-10-11-25(14-16(15)13-17)21(26)20-7-4-12-29-20/h2-9,12-13H,10-11,14H2,1H3,(H2,23,24,27). The lowest BCUT2D eigenvalue weighted by molar-refractivity contribution is 0.0702. The van der Waals surface area contributed by atoms with Crippen LogP contribution in [0.2, 0.25) is 0 Å². The molecule has 2 N–H and O–H groups in total. The van der Waals surface area contributed by atoms with Crippen molar-refractivity contribution in [3.05, 3.63) is 77.7 Å². The Morgan fingerprint density at radius 1 is 1.03 bits per heavy atom. The molecule has 0 fully saturated rings. The monoisotopic (exact) mass is 391 g/mol. The highest BCUT2D eigenvalue weighted by molar-refractivity contribution is 6.00. The van der Waals surface area contributed by atoms with Gasteiger partial charge in [-0.15, -0.1) is 0 Å².